The standard InChI is InChI=1S/C19H23F3N6O/c1-27-7-5-12(6-8-27)24-14-3-2-4-15-13(14)9-16(28(15)11-19(20,21)22)18-25-17(10-23)29-26-18/h2-4,9,12,24H,5-8,10-11,23H2,1H3. The zero-order valence-electron chi connectivity index (χ0n) is 16.0. The minimum Gasteiger partial charge on any atom is -0.382 e. The molecule has 0 unspecified atom stereocenters. The van der Waals surface area contributed by atoms with E-state index in [2.05, 4.69) is 27.4 Å². The fourth-order valence-corrected chi connectivity index (χ4v) is 3.76. The maximum absolute atomic E-state index is 13.3. The van der Waals surface area contributed by atoms with Gasteiger partial charge in [0.15, 0.2) is 0 Å². The summed E-state index contributed by atoms with van der Waals surface area (Å²) in [5.74, 6) is 0.268. The number of nitrogens with one attached hydrogen (secondary N) is 1. The van der Waals surface area contributed by atoms with Crippen molar-refractivity contribution in [2.75, 3.05) is 25.5 Å². The van der Waals surface area contributed by atoms with Crippen molar-refractivity contribution in [3.63, 3.8) is 0 Å². The van der Waals surface area contributed by atoms with Crippen LogP contribution in [0.3, 0.4) is 0 Å². The van der Waals surface area contributed by atoms with Crippen LogP contribution >= 0.6 is 0 Å². The number of hydrogen-bond donors (Lipinski definition) is 2. The molecule has 1 aliphatic rings. The lowest BCUT2D eigenvalue weighted by atomic mass is 10.0. The Bertz CT molecular complexity index is 988. The lowest BCUT2D eigenvalue weighted by Crippen LogP contribution is -2.36. The summed E-state index contributed by atoms with van der Waals surface area (Å²) in [6, 6.07) is 7.29. The average Bonchev–Trinajstić information content (AvgIpc) is 3.28. The number of anilines is 1. The second-order valence-electron chi connectivity index (χ2n) is 7.41. The fraction of sp³-hybridized carbons (Fsp3) is 0.474. The van der Waals surface area contributed by atoms with Gasteiger partial charge in [-0.3, -0.25) is 0 Å². The third-order valence-electron chi connectivity index (χ3n) is 5.23. The van der Waals surface area contributed by atoms with Crippen molar-refractivity contribution in [1.29, 1.82) is 0 Å². The van der Waals surface area contributed by atoms with Crippen molar-refractivity contribution in [2.24, 2.45) is 5.73 Å². The molecule has 3 N–H and O–H groups in total. The Labute approximate surface area is 165 Å². The highest BCUT2D eigenvalue weighted by molar-refractivity contribution is 5.96. The molecule has 7 nitrogen and oxygen atoms in total. The van der Waals surface area contributed by atoms with Gasteiger partial charge in [0.2, 0.25) is 11.7 Å². The molecule has 10 heteroatoms. The van der Waals surface area contributed by atoms with Gasteiger partial charge < -0.3 is 25.0 Å². The summed E-state index contributed by atoms with van der Waals surface area (Å²) in [6.45, 7) is 0.850. The highest BCUT2D eigenvalue weighted by atomic mass is 19.4. The van der Waals surface area contributed by atoms with Crippen LogP contribution in [0.25, 0.3) is 22.4 Å². The second-order valence-corrected chi connectivity index (χ2v) is 7.41. The van der Waals surface area contributed by atoms with Crippen molar-refractivity contribution < 1.29 is 17.7 Å². The molecule has 3 heterocycles. The molecule has 1 aliphatic heterocycles. The van der Waals surface area contributed by atoms with E-state index >= 15 is 0 Å². The monoisotopic (exact) mass is 408 g/mol. The molecule has 29 heavy (non-hydrogen) atoms. The SMILES string of the molecule is CN1CCC(Nc2cccc3c2cc(-c2noc(CN)n2)n3CC(F)(F)F)CC1. The fourth-order valence-electron chi connectivity index (χ4n) is 3.76. The van der Waals surface area contributed by atoms with Crippen LogP contribution in [0.5, 0.6) is 0 Å². The maximum atomic E-state index is 13.3. The van der Waals surface area contributed by atoms with Gasteiger partial charge in [-0.2, -0.15) is 18.2 Å². The second kappa shape index (κ2) is 7.68. The van der Waals surface area contributed by atoms with Gasteiger partial charge in [-0.15, -0.1) is 0 Å². The Morgan fingerprint density at radius 2 is 2.03 bits per heavy atom. The molecule has 0 saturated carbocycles. The van der Waals surface area contributed by atoms with Crippen molar-refractivity contribution >= 4 is 16.6 Å². The van der Waals surface area contributed by atoms with E-state index < -0.39 is 12.7 Å². The number of nitrogens with two attached hydrogens (primary N) is 1. The van der Waals surface area contributed by atoms with E-state index in [1.54, 1.807) is 18.2 Å². The predicted octanol–water partition coefficient (Wildman–Crippen LogP) is 3.22. The first kappa shape index (κ1) is 19.7. The van der Waals surface area contributed by atoms with Crippen LogP contribution in [0, 0.1) is 0 Å². The van der Waals surface area contributed by atoms with Gasteiger partial charge in [0.1, 0.15) is 6.54 Å². The first-order valence-corrected chi connectivity index (χ1v) is 9.51. The summed E-state index contributed by atoms with van der Waals surface area (Å²) in [6.07, 6.45) is -2.43. The van der Waals surface area contributed by atoms with Gasteiger partial charge in [-0.05, 0) is 51.2 Å². The van der Waals surface area contributed by atoms with Crippen LogP contribution < -0.4 is 11.1 Å². The molecular formula is C19H23F3N6O. The number of piperidine rings is 1. The molecule has 0 amide bonds. The minimum atomic E-state index is -4.39. The molecule has 1 fully saturated rings. The topological polar surface area (TPSA) is 85.1 Å². The van der Waals surface area contributed by atoms with Crippen LogP contribution in [0.15, 0.2) is 28.8 Å². The number of alkyl halides is 3. The van der Waals surface area contributed by atoms with Crippen LogP contribution in [0.4, 0.5) is 18.9 Å². The van der Waals surface area contributed by atoms with E-state index in [0.717, 1.165) is 31.6 Å². The van der Waals surface area contributed by atoms with Gasteiger partial charge >= 0.3 is 6.18 Å². The maximum Gasteiger partial charge on any atom is 0.406 e. The summed E-state index contributed by atoms with van der Waals surface area (Å²) in [5, 5.41) is 8.03. The molecule has 1 saturated heterocycles. The van der Waals surface area contributed by atoms with Crippen molar-refractivity contribution in [2.45, 2.75) is 38.1 Å². The van der Waals surface area contributed by atoms with E-state index in [1.807, 2.05) is 6.07 Å². The normalized spacial score (nSPS) is 16.6. The van der Waals surface area contributed by atoms with Gasteiger partial charge in [-0.1, -0.05) is 11.2 Å². The number of benzene rings is 1. The van der Waals surface area contributed by atoms with E-state index in [4.69, 9.17) is 10.3 Å². The smallest absolute Gasteiger partial charge is 0.382 e. The molecule has 0 bridgehead atoms. The highest BCUT2D eigenvalue weighted by Crippen LogP contribution is 2.34. The highest BCUT2D eigenvalue weighted by Gasteiger charge is 2.31. The first-order valence-electron chi connectivity index (χ1n) is 9.51. The molecule has 1 aromatic carbocycles. The lowest BCUT2D eigenvalue weighted by Gasteiger charge is -2.30. The lowest BCUT2D eigenvalue weighted by molar-refractivity contribution is -0.139. The Morgan fingerprint density at radius 3 is 2.69 bits per heavy atom. The predicted molar refractivity (Wildman–Crippen MR) is 103 cm³/mol. The number of likely N-dealkylation sites (tertiary alicyclic amines) is 1. The summed E-state index contributed by atoms with van der Waals surface area (Å²) in [4.78, 5) is 6.39. The molecule has 0 radical (unpaired) electrons. The molecule has 0 aliphatic carbocycles. The Kier molecular flexibility index (Phi) is 5.22. The molecular weight excluding hydrogens is 385 g/mol. The van der Waals surface area contributed by atoms with Crippen molar-refractivity contribution in [3.8, 4) is 11.5 Å². The van der Waals surface area contributed by atoms with Gasteiger partial charge in [-0.25, -0.2) is 0 Å². The first-order chi connectivity index (χ1) is 13.8. The van der Waals surface area contributed by atoms with E-state index in [0.29, 0.717) is 10.9 Å². The average molecular weight is 408 g/mol. The largest absolute Gasteiger partial charge is 0.406 e. The van der Waals surface area contributed by atoms with E-state index in [1.165, 1.54) is 4.57 Å². The molecule has 0 atom stereocenters. The van der Waals surface area contributed by atoms with Crippen molar-refractivity contribution in [1.82, 2.24) is 19.6 Å². The molecule has 0 spiro atoms. The molecule has 4 rings (SSSR count). The third-order valence-corrected chi connectivity index (χ3v) is 5.23. The number of aromatic nitrogens is 3. The van der Waals surface area contributed by atoms with Gasteiger partial charge in [0.05, 0.1) is 17.8 Å². The van der Waals surface area contributed by atoms with Gasteiger partial charge in [0.25, 0.3) is 0 Å². The number of hydrogen-bond acceptors (Lipinski definition) is 6. The number of nitrogens with zero attached hydrogens (tertiary/aromatic N) is 4. The minimum absolute atomic E-state index is 0.0232. The van der Waals surface area contributed by atoms with Crippen LogP contribution in [0.2, 0.25) is 0 Å². The van der Waals surface area contributed by atoms with Crippen LogP contribution in [-0.2, 0) is 13.1 Å². The van der Waals surface area contributed by atoms with Crippen LogP contribution in [0.1, 0.15) is 18.7 Å². The van der Waals surface area contributed by atoms with Gasteiger partial charge in [0, 0.05) is 17.1 Å². The zero-order valence-corrected chi connectivity index (χ0v) is 16.0. The number of halogens is 3. The number of rotatable bonds is 5. The zero-order chi connectivity index (χ0) is 20.6. The summed E-state index contributed by atoms with van der Waals surface area (Å²) >= 11 is 0. The Balaban J connectivity index is 1.76. The summed E-state index contributed by atoms with van der Waals surface area (Å²) < 4.78 is 46.1. The molecule has 3 aromatic rings. The Hall–Kier alpha value is -2.59. The van der Waals surface area contributed by atoms with Crippen LogP contribution in [-0.4, -0.2) is 52.0 Å². The molecule has 156 valence electrons. The Morgan fingerprint density at radius 1 is 1.28 bits per heavy atom. The number of fused-ring (bicyclic) bond motifs is 1. The van der Waals surface area contributed by atoms with E-state index in [-0.39, 0.29) is 30.0 Å². The third kappa shape index (κ3) is 4.23. The quantitative estimate of drug-likeness (QED) is 0.674. The van der Waals surface area contributed by atoms with Crippen molar-refractivity contribution in [3.05, 3.63) is 30.2 Å². The molecule has 2 aromatic heterocycles. The van der Waals surface area contributed by atoms with E-state index in [9.17, 15) is 13.2 Å². The summed E-state index contributed by atoms with van der Waals surface area (Å²) in [5.41, 5.74) is 7.02. The summed E-state index contributed by atoms with van der Waals surface area (Å²) in [7, 11) is 2.08.